The van der Waals surface area contributed by atoms with Gasteiger partial charge in [-0.05, 0) is 6.92 Å². The highest BCUT2D eigenvalue weighted by molar-refractivity contribution is 7.90. The first kappa shape index (κ1) is 14.1. The van der Waals surface area contributed by atoms with Gasteiger partial charge < -0.3 is 10.4 Å². The van der Waals surface area contributed by atoms with E-state index in [1.54, 1.807) is 12.3 Å². The molecule has 0 bridgehead atoms. The molecule has 0 aliphatic carbocycles. The van der Waals surface area contributed by atoms with Gasteiger partial charge in [-0.15, -0.1) is 11.3 Å². The Bertz CT molecular complexity index is 495. The average Bonchev–Trinajstić information content (AvgIpc) is 2.60. The molecule has 1 unspecified atom stereocenters. The molecule has 8 heteroatoms. The maximum Gasteiger partial charge on any atom is 0.365 e. The van der Waals surface area contributed by atoms with Crippen LogP contribution in [0.4, 0.5) is 0 Å². The lowest BCUT2D eigenvalue weighted by Crippen LogP contribution is -2.32. The molecule has 1 atom stereocenters. The summed E-state index contributed by atoms with van der Waals surface area (Å²) < 4.78 is 22.0. The standard InChI is InChI=1S/C9H14N2O4S2/c1-6(5-17(2,14)15)10-3-7-4-16-8(11-7)9(12)13/h4,6,10H,3,5H2,1-2H3,(H,12,13). The van der Waals surface area contributed by atoms with Crippen LogP contribution in [0.3, 0.4) is 0 Å². The van der Waals surface area contributed by atoms with E-state index in [1.807, 2.05) is 0 Å². The summed E-state index contributed by atoms with van der Waals surface area (Å²) >= 11 is 1.05. The SMILES string of the molecule is CC(CS(C)(=O)=O)NCc1csc(C(=O)O)n1. The van der Waals surface area contributed by atoms with Gasteiger partial charge in [0.1, 0.15) is 9.84 Å². The van der Waals surface area contributed by atoms with Crippen LogP contribution in [0.15, 0.2) is 5.38 Å². The van der Waals surface area contributed by atoms with Crippen LogP contribution in [0.25, 0.3) is 0 Å². The fraction of sp³-hybridized carbons (Fsp3) is 0.556. The van der Waals surface area contributed by atoms with Gasteiger partial charge >= 0.3 is 5.97 Å². The number of carbonyl (C=O) groups is 1. The fourth-order valence-electron chi connectivity index (χ4n) is 1.28. The van der Waals surface area contributed by atoms with E-state index in [1.165, 1.54) is 6.26 Å². The van der Waals surface area contributed by atoms with Crippen molar-refractivity contribution in [3.63, 3.8) is 0 Å². The molecular weight excluding hydrogens is 264 g/mol. The maximum atomic E-state index is 11.0. The van der Waals surface area contributed by atoms with Crippen molar-refractivity contribution < 1.29 is 18.3 Å². The van der Waals surface area contributed by atoms with Crippen LogP contribution >= 0.6 is 11.3 Å². The van der Waals surface area contributed by atoms with Gasteiger partial charge in [-0.25, -0.2) is 18.2 Å². The molecular formula is C9H14N2O4S2. The second-order valence-electron chi connectivity index (χ2n) is 3.82. The number of aromatic carboxylic acids is 1. The first-order chi connectivity index (χ1) is 7.78. The van der Waals surface area contributed by atoms with Crippen molar-refractivity contribution in [1.82, 2.24) is 10.3 Å². The van der Waals surface area contributed by atoms with E-state index in [4.69, 9.17) is 5.11 Å². The molecule has 0 fully saturated rings. The topological polar surface area (TPSA) is 96.4 Å². The van der Waals surface area contributed by atoms with Gasteiger partial charge in [0.25, 0.3) is 0 Å². The maximum absolute atomic E-state index is 11.0. The number of thiazole rings is 1. The predicted octanol–water partition coefficient (Wildman–Crippen LogP) is 0.364. The lowest BCUT2D eigenvalue weighted by atomic mass is 10.3. The summed E-state index contributed by atoms with van der Waals surface area (Å²) in [6.07, 6.45) is 1.18. The van der Waals surface area contributed by atoms with Crippen LogP contribution in [0.2, 0.25) is 0 Å². The zero-order chi connectivity index (χ0) is 13.1. The minimum atomic E-state index is -3.01. The summed E-state index contributed by atoms with van der Waals surface area (Å²) in [4.78, 5) is 14.5. The Kier molecular flexibility index (Phi) is 4.61. The van der Waals surface area contributed by atoms with E-state index in [9.17, 15) is 13.2 Å². The molecule has 1 heterocycles. The molecule has 0 aliphatic heterocycles. The molecule has 2 N–H and O–H groups in total. The predicted molar refractivity (Wildman–Crippen MR) is 65.1 cm³/mol. The molecule has 1 rings (SSSR count). The Hall–Kier alpha value is -0.990. The number of carboxylic acid groups (broad SMARTS) is 1. The molecule has 0 spiro atoms. The summed E-state index contributed by atoms with van der Waals surface area (Å²) in [5.74, 6) is -1.01. The van der Waals surface area contributed by atoms with Gasteiger partial charge in [0.05, 0.1) is 11.4 Å². The molecule has 0 saturated heterocycles. The molecule has 0 aliphatic rings. The van der Waals surface area contributed by atoms with Gasteiger partial charge in [0.15, 0.2) is 0 Å². The number of hydrogen-bond acceptors (Lipinski definition) is 6. The fourth-order valence-corrected chi connectivity index (χ4v) is 2.96. The van der Waals surface area contributed by atoms with Gasteiger partial charge in [0, 0.05) is 24.2 Å². The van der Waals surface area contributed by atoms with Crippen LogP contribution in [0.5, 0.6) is 0 Å². The lowest BCUT2D eigenvalue weighted by molar-refractivity contribution is 0.0696. The first-order valence-electron chi connectivity index (χ1n) is 4.87. The Morgan fingerprint density at radius 1 is 1.65 bits per heavy atom. The van der Waals surface area contributed by atoms with Crippen molar-refractivity contribution in [2.24, 2.45) is 0 Å². The van der Waals surface area contributed by atoms with E-state index in [0.717, 1.165) is 11.3 Å². The van der Waals surface area contributed by atoms with Crippen molar-refractivity contribution in [2.45, 2.75) is 19.5 Å². The summed E-state index contributed by atoms with van der Waals surface area (Å²) in [7, 11) is -3.01. The third-order valence-electron chi connectivity index (χ3n) is 1.92. The molecule has 1 aromatic heterocycles. The van der Waals surface area contributed by atoms with E-state index in [-0.39, 0.29) is 16.8 Å². The Morgan fingerprint density at radius 2 is 2.29 bits per heavy atom. The molecule has 0 aromatic carbocycles. The summed E-state index contributed by atoms with van der Waals surface area (Å²) in [6, 6.07) is -0.194. The molecule has 17 heavy (non-hydrogen) atoms. The minimum absolute atomic E-state index is 0.0394. The highest BCUT2D eigenvalue weighted by Crippen LogP contribution is 2.09. The molecule has 0 amide bonds. The highest BCUT2D eigenvalue weighted by Gasteiger charge is 2.12. The van der Waals surface area contributed by atoms with Crippen molar-refractivity contribution in [3.8, 4) is 0 Å². The molecule has 0 radical (unpaired) electrons. The monoisotopic (exact) mass is 278 g/mol. The van der Waals surface area contributed by atoms with Crippen LogP contribution in [0, 0.1) is 0 Å². The lowest BCUT2D eigenvalue weighted by Gasteiger charge is -2.10. The zero-order valence-corrected chi connectivity index (χ0v) is 11.1. The molecule has 1 aromatic rings. The smallest absolute Gasteiger partial charge is 0.365 e. The van der Waals surface area contributed by atoms with Gasteiger partial charge in [-0.3, -0.25) is 0 Å². The summed E-state index contributed by atoms with van der Waals surface area (Å²) in [5, 5.41) is 13.3. The van der Waals surface area contributed by atoms with Crippen molar-refractivity contribution >= 4 is 27.1 Å². The zero-order valence-electron chi connectivity index (χ0n) is 9.50. The second-order valence-corrected chi connectivity index (χ2v) is 6.87. The van der Waals surface area contributed by atoms with Crippen LogP contribution in [-0.4, -0.2) is 42.5 Å². The van der Waals surface area contributed by atoms with E-state index >= 15 is 0 Å². The quantitative estimate of drug-likeness (QED) is 0.780. The van der Waals surface area contributed by atoms with Gasteiger partial charge in [0.2, 0.25) is 5.01 Å². The third-order valence-corrected chi connectivity index (χ3v) is 3.90. The number of carboxylic acids is 1. The number of hydrogen-bond donors (Lipinski definition) is 2. The van der Waals surface area contributed by atoms with Gasteiger partial charge in [-0.1, -0.05) is 0 Å². The number of aromatic nitrogens is 1. The first-order valence-corrected chi connectivity index (χ1v) is 7.81. The highest BCUT2D eigenvalue weighted by atomic mass is 32.2. The molecule has 0 saturated carbocycles. The number of nitrogens with one attached hydrogen (secondary N) is 1. The van der Waals surface area contributed by atoms with Gasteiger partial charge in [-0.2, -0.15) is 0 Å². The largest absolute Gasteiger partial charge is 0.476 e. The molecule has 6 nitrogen and oxygen atoms in total. The Morgan fingerprint density at radius 3 is 2.76 bits per heavy atom. The van der Waals surface area contributed by atoms with E-state index in [0.29, 0.717) is 12.2 Å². The number of nitrogens with zero attached hydrogens (tertiary/aromatic N) is 1. The Balaban J connectivity index is 2.47. The summed E-state index contributed by atoms with van der Waals surface area (Å²) in [5.41, 5.74) is 0.604. The van der Waals surface area contributed by atoms with E-state index in [2.05, 4.69) is 10.3 Å². The Labute approximate surface area is 104 Å². The molecule has 96 valence electrons. The summed E-state index contributed by atoms with van der Waals surface area (Å²) in [6.45, 7) is 2.12. The minimum Gasteiger partial charge on any atom is -0.476 e. The third kappa shape index (κ3) is 5.24. The van der Waals surface area contributed by atoms with Crippen molar-refractivity contribution in [3.05, 3.63) is 16.1 Å². The number of rotatable bonds is 6. The van der Waals surface area contributed by atoms with Crippen molar-refractivity contribution in [2.75, 3.05) is 12.0 Å². The second kappa shape index (κ2) is 5.56. The van der Waals surface area contributed by atoms with Crippen LogP contribution in [0.1, 0.15) is 22.4 Å². The van der Waals surface area contributed by atoms with Crippen LogP contribution in [-0.2, 0) is 16.4 Å². The number of sulfone groups is 1. The normalized spacial score (nSPS) is 13.5. The van der Waals surface area contributed by atoms with Crippen molar-refractivity contribution in [1.29, 1.82) is 0 Å². The van der Waals surface area contributed by atoms with Crippen LogP contribution < -0.4 is 5.32 Å². The average molecular weight is 278 g/mol. The van der Waals surface area contributed by atoms with E-state index < -0.39 is 15.8 Å².